The average molecular weight is 377 g/mol. The Balaban J connectivity index is 1.75. The third kappa shape index (κ3) is 6.84. The number of hydrogen-bond acceptors (Lipinski definition) is 5. The molecule has 1 aliphatic rings. The number of benzene rings is 1. The Labute approximate surface area is 162 Å². The molecule has 0 saturated carbocycles. The topological polar surface area (TPSA) is 73.9 Å². The van der Waals surface area contributed by atoms with E-state index in [9.17, 15) is 9.59 Å². The van der Waals surface area contributed by atoms with Crippen LogP contribution in [-0.2, 0) is 9.59 Å². The van der Waals surface area contributed by atoms with E-state index in [4.69, 9.17) is 4.74 Å². The number of hydrogen-bond donors (Lipinski definition) is 2. The van der Waals surface area contributed by atoms with Gasteiger partial charge in [-0.2, -0.15) is 0 Å². The Morgan fingerprint density at radius 3 is 2.26 bits per heavy atom. The number of methoxy groups -OCH3 is 1. The molecule has 1 fully saturated rings. The fourth-order valence-electron chi connectivity index (χ4n) is 2.97. The summed E-state index contributed by atoms with van der Waals surface area (Å²) < 4.78 is 5.13. The molecule has 150 valence electrons. The Kier molecular flexibility index (Phi) is 8.06. The molecule has 0 aliphatic carbocycles. The highest BCUT2D eigenvalue weighted by molar-refractivity contribution is 5.94. The number of piperazine rings is 1. The molecule has 1 aliphatic heterocycles. The van der Waals surface area contributed by atoms with Crippen LogP contribution in [0.15, 0.2) is 24.3 Å². The zero-order chi connectivity index (χ0) is 19.8. The summed E-state index contributed by atoms with van der Waals surface area (Å²) in [5.41, 5.74) is 0.758. The number of carbonyl (C=O) groups is 2. The Bertz CT molecular complexity index is 610. The average Bonchev–Trinajstić information content (AvgIpc) is 2.67. The lowest BCUT2D eigenvalue weighted by atomic mass is 10.2. The summed E-state index contributed by atoms with van der Waals surface area (Å²) in [6.45, 7) is 10.3. The lowest BCUT2D eigenvalue weighted by Crippen LogP contribution is -2.54. The number of ether oxygens (including phenoxy) is 1. The van der Waals surface area contributed by atoms with Crippen molar-refractivity contribution in [2.24, 2.45) is 5.92 Å². The monoisotopic (exact) mass is 376 g/mol. The highest BCUT2D eigenvalue weighted by Gasteiger charge is 2.26. The zero-order valence-corrected chi connectivity index (χ0v) is 16.8. The molecule has 2 rings (SSSR count). The molecule has 1 aromatic carbocycles. The smallest absolute Gasteiger partial charge is 0.241 e. The molecule has 1 aromatic rings. The molecule has 2 amide bonds. The molecular weight excluding hydrogens is 344 g/mol. The molecule has 0 radical (unpaired) electrons. The Morgan fingerprint density at radius 1 is 1.07 bits per heavy atom. The first-order valence-corrected chi connectivity index (χ1v) is 9.57. The van der Waals surface area contributed by atoms with E-state index in [1.165, 1.54) is 0 Å². The third-order valence-electron chi connectivity index (χ3n) is 4.77. The lowest BCUT2D eigenvalue weighted by Gasteiger charge is -2.37. The molecule has 0 spiro atoms. The van der Waals surface area contributed by atoms with Crippen LogP contribution in [-0.4, -0.2) is 74.0 Å². The Hall–Kier alpha value is -2.12. The summed E-state index contributed by atoms with van der Waals surface area (Å²) in [4.78, 5) is 28.8. The van der Waals surface area contributed by atoms with Crippen LogP contribution >= 0.6 is 0 Å². The SMILES string of the molecule is COc1ccc(NC(=O)[C@@H](C)N2CCN(CC(=O)NCC(C)C)CC2)cc1. The number of rotatable bonds is 8. The zero-order valence-electron chi connectivity index (χ0n) is 16.8. The molecule has 2 N–H and O–H groups in total. The van der Waals surface area contributed by atoms with Gasteiger partial charge >= 0.3 is 0 Å². The molecule has 0 aromatic heterocycles. The normalized spacial score (nSPS) is 16.8. The van der Waals surface area contributed by atoms with Gasteiger partial charge in [0.25, 0.3) is 0 Å². The lowest BCUT2D eigenvalue weighted by molar-refractivity contribution is -0.124. The third-order valence-corrected chi connectivity index (χ3v) is 4.77. The van der Waals surface area contributed by atoms with Crippen molar-refractivity contribution < 1.29 is 14.3 Å². The van der Waals surface area contributed by atoms with Crippen LogP contribution in [0, 0.1) is 5.92 Å². The minimum Gasteiger partial charge on any atom is -0.497 e. The van der Waals surface area contributed by atoms with E-state index in [0.29, 0.717) is 19.0 Å². The second-order valence-corrected chi connectivity index (χ2v) is 7.40. The van der Waals surface area contributed by atoms with Gasteiger partial charge in [0.1, 0.15) is 5.75 Å². The van der Waals surface area contributed by atoms with Gasteiger partial charge in [0.15, 0.2) is 0 Å². The van der Waals surface area contributed by atoms with Crippen molar-refractivity contribution in [3.05, 3.63) is 24.3 Å². The Morgan fingerprint density at radius 2 is 1.70 bits per heavy atom. The van der Waals surface area contributed by atoms with Crippen molar-refractivity contribution in [1.29, 1.82) is 0 Å². The first kappa shape index (κ1) is 21.2. The summed E-state index contributed by atoms with van der Waals surface area (Å²) in [5, 5.41) is 5.90. The molecule has 7 heteroatoms. The van der Waals surface area contributed by atoms with Crippen LogP contribution in [0.2, 0.25) is 0 Å². The summed E-state index contributed by atoms with van der Waals surface area (Å²) in [5.74, 6) is 1.26. The van der Waals surface area contributed by atoms with Gasteiger partial charge in [0, 0.05) is 38.4 Å². The van der Waals surface area contributed by atoms with Gasteiger partial charge in [-0.3, -0.25) is 19.4 Å². The molecule has 1 atom stereocenters. The number of anilines is 1. The molecule has 1 saturated heterocycles. The quantitative estimate of drug-likeness (QED) is 0.718. The minimum absolute atomic E-state index is 0.0247. The maximum Gasteiger partial charge on any atom is 0.241 e. The van der Waals surface area contributed by atoms with Gasteiger partial charge in [-0.15, -0.1) is 0 Å². The number of carbonyl (C=O) groups excluding carboxylic acids is 2. The van der Waals surface area contributed by atoms with E-state index in [-0.39, 0.29) is 17.9 Å². The number of nitrogens with zero attached hydrogens (tertiary/aromatic N) is 2. The molecular formula is C20H32N4O3. The largest absolute Gasteiger partial charge is 0.497 e. The van der Waals surface area contributed by atoms with Crippen LogP contribution in [0.3, 0.4) is 0 Å². The van der Waals surface area contributed by atoms with Gasteiger partial charge in [-0.1, -0.05) is 13.8 Å². The summed E-state index contributed by atoms with van der Waals surface area (Å²) in [6, 6.07) is 7.09. The van der Waals surface area contributed by atoms with Crippen LogP contribution in [0.4, 0.5) is 5.69 Å². The maximum absolute atomic E-state index is 12.5. The fraction of sp³-hybridized carbons (Fsp3) is 0.600. The molecule has 0 unspecified atom stereocenters. The second-order valence-electron chi connectivity index (χ2n) is 7.40. The van der Waals surface area contributed by atoms with Crippen molar-refractivity contribution >= 4 is 17.5 Å². The van der Waals surface area contributed by atoms with Crippen LogP contribution in [0.25, 0.3) is 0 Å². The number of amides is 2. The first-order valence-electron chi connectivity index (χ1n) is 9.57. The van der Waals surface area contributed by atoms with E-state index in [2.05, 4.69) is 34.3 Å². The van der Waals surface area contributed by atoms with Crippen molar-refractivity contribution in [3.8, 4) is 5.75 Å². The van der Waals surface area contributed by atoms with E-state index < -0.39 is 0 Å². The van der Waals surface area contributed by atoms with Crippen molar-refractivity contribution in [3.63, 3.8) is 0 Å². The standard InChI is InChI=1S/C20H32N4O3/c1-15(2)13-21-19(25)14-23-9-11-24(12-10-23)16(3)20(26)22-17-5-7-18(27-4)8-6-17/h5-8,15-16H,9-14H2,1-4H3,(H,21,25)(H,22,26)/t16-/m1/s1. The highest BCUT2D eigenvalue weighted by atomic mass is 16.5. The molecule has 0 bridgehead atoms. The maximum atomic E-state index is 12.5. The van der Waals surface area contributed by atoms with E-state index in [1.807, 2.05) is 31.2 Å². The van der Waals surface area contributed by atoms with Gasteiger partial charge in [0.05, 0.1) is 19.7 Å². The number of nitrogens with one attached hydrogen (secondary N) is 2. The van der Waals surface area contributed by atoms with Gasteiger partial charge in [-0.25, -0.2) is 0 Å². The van der Waals surface area contributed by atoms with Crippen LogP contribution < -0.4 is 15.4 Å². The van der Waals surface area contributed by atoms with E-state index >= 15 is 0 Å². The van der Waals surface area contributed by atoms with Crippen LogP contribution in [0.5, 0.6) is 5.75 Å². The first-order chi connectivity index (χ1) is 12.9. The van der Waals surface area contributed by atoms with E-state index in [0.717, 1.165) is 37.6 Å². The van der Waals surface area contributed by atoms with Gasteiger partial charge < -0.3 is 15.4 Å². The van der Waals surface area contributed by atoms with Gasteiger partial charge in [-0.05, 0) is 37.1 Å². The molecule has 27 heavy (non-hydrogen) atoms. The predicted molar refractivity (Wildman–Crippen MR) is 107 cm³/mol. The highest BCUT2D eigenvalue weighted by Crippen LogP contribution is 2.16. The van der Waals surface area contributed by atoms with Gasteiger partial charge in [0.2, 0.25) is 11.8 Å². The van der Waals surface area contributed by atoms with Crippen LogP contribution in [0.1, 0.15) is 20.8 Å². The summed E-state index contributed by atoms with van der Waals surface area (Å²) in [7, 11) is 1.61. The van der Waals surface area contributed by atoms with E-state index in [1.54, 1.807) is 7.11 Å². The second kappa shape index (κ2) is 10.3. The summed E-state index contributed by atoms with van der Waals surface area (Å²) >= 11 is 0. The molecule has 1 heterocycles. The fourth-order valence-corrected chi connectivity index (χ4v) is 2.97. The van der Waals surface area contributed by atoms with Crippen molar-refractivity contribution in [1.82, 2.24) is 15.1 Å². The molecule has 7 nitrogen and oxygen atoms in total. The summed E-state index contributed by atoms with van der Waals surface area (Å²) in [6.07, 6.45) is 0. The minimum atomic E-state index is -0.219. The van der Waals surface area contributed by atoms with Crippen molar-refractivity contribution in [2.75, 3.05) is 51.7 Å². The predicted octanol–water partition coefficient (Wildman–Crippen LogP) is 1.41. The van der Waals surface area contributed by atoms with Crippen molar-refractivity contribution in [2.45, 2.75) is 26.8 Å².